The molecule has 0 aliphatic rings. The summed E-state index contributed by atoms with van der Waals surface area (Å²) in [5.74, 6) is 0. The zero-order valence-electron chi connectivity index (χ0n) is 7.13. The first-order valence-electron chi connectivity index (χ1n) is 3.32. The number of rotatable bonds is 2. The van der Waals surface area contributed by atoms with E-state index in [-0.39, 0.29) is 11.5 Å². The molecule has 0 aliphatic heterocycles. The average molecular weight is 246 g/mol. The first-order chi connectivity index (χ1) is 4.63. The van der Waals surface area contributed by atoms with Crippen LogP contribution in [0, 0.1) is 5.41 Å². The van der Waals surface area contributed by atoms with Crippen molar-refractivity contribution in [2.24, 2.45) is 5.41 Å². The Morgan fingerprint density at radius 2 is 1.91 bits per heavy atom. The van der Waals surface area contributed by atoms with E-state index in [1.807, 2.05) is 36.3 Å². The predicted octanol–water partition coefficient (Wildman–Crippen LogP) is 2.68. The molecule has 2 unspecified atom stereocenters. The molecule has 5 heteroatoms. The molecular weight excluding hydrogens is 233 g/mol. The molecule has 0 heterocycles. The van der Waals surface area contributed by atoms with Crippen LogP contribution >= 0.6 is 6.37 Å². The summed E-state index contributed by atoms with van der Waals surface area (Å²) in [5.41, 5.74) is -0.189. The van der Waals surface area contributed by atoms with E-state index in [1.165, 1.54) is 0 Å². The third-order valence-electron chi connectivity index (χ3n) is 1.50. The molecule has 67 valence electrons. The van der Waals surface area contributed by atoms with Gasteiger partial charge in [-0.2, -0.15) is 0 Å². The number of hydrogen-bond acceptors (Lipinski definition) is 2. The van der Waals surface area contributed by atoms with E-state index in [4.69, 9.17) is 0 Å². The van der Waals surface area contributed by atoms with Crippen LogP contribution in [0.4, 0.5) is 4.20 Å². The molecule has 0 aliphatic carbocycles. The van der Waals surface area contributed by atoms with Crippen LogP contribution < -0.4 is 0 Å². The second-order valence-corrected chi connectivity index (χ2v) is 7.36. The van der Waals surface area contributed by atoms with Crippen molar-refractivity contribution in [2.75, 3.05) is 0 Å². The van der Waals surface area contributed by atoms with Crippen molar-refractivity contribution in [3.05, 3.63) is 0 Å². The average Bonchev–Trinajstić information content (AvgIpc) is 1.56. The Hall–Kier alpha value is 0.639. The monoisotopic (exact) mass is 247 g/mol. The maximum absolute atomic E-state index is 12.4. The number of hydrogen-bond donors (Lipinski definition) is 0. The van der Waals surface area contributed by atoms with Crippen molar-refractivity contribution in [3.63, 3.8) is 0 Å². The molecule has 1 radical (unpaired) electrons. The van der Waals surface area contributed by atoms with Gasteiger partial charge in [-0.1, -0.05) is 0 Å². The Balaban J connectivity index is 4.10. The van der Waals surface area contributed by atoms with E-state index >= 15 is 0 Å². The first-order valence-corrected chi connectivity index (χ1v) is 7.05. The van der Waals surface area contributed by atoms with Crippen LogP contribution in [-0.4, -0.2) is 21.7 Å². The molecule has 0 aromatic heterocycles. The van der Waals surface area contributed by atoms with Crippen LogP contribution in [0.5, 0.6) is 0 Å². The molecule has 0 fully saturated rings. The Kier molecular flexibility index (Phi) is 3.78. The van der Waals surface area contributed by atoms with E-state index in [2.05, 4.69) is 4.52 Å². The Morgan fingerprint density at radius 1 is 1.55 bits per heavy atom. The zero-order chi connectivity index (χ0) is 9.28. The van der Waals surface area contributed by atoms with Gasteiger partial charge in [0.05, 0.1) is 0 Å². The SMILES string of the molecule is CC(OP(=O)(F)[Se])C(C)(C)C. The van der Waals surface area contributed by atoms with Gasteiger partial charge in [0.1, 0.15) is 0 Å². The molecule has 0 aromatic rings. The predicted molar refractivity (Wildman–Crippen MR) is 44.5 cm³/mol. The van der Waals surface area contributed by atoms with Crippen molar-refractivity contribution in [3.8, 4) is 0 Å². The zero-order valence-corrected chi connectivity index (χ0v) is 9.73. The summed E-state index contributed by atoms with van der Waals surface area (Å²) in [6.07, 6.45) is -4.30. The fourth-order valence-electron chi connectivity index (χ4n) is 0.347. The standard InChI is InChI=1S/C6H13FO2PSe/c1-5(6(2,3)4)9-10(7,8)11/h5H,1-4H3. The minimum atomic E-state index is -3.94. The summed E-state index contributed by atoms with van der Waals surface area (Å²) in [7, 11) is 0. The molecule has 0 N–H and O–H groups in total. The van der Waals surface area contributed by atoms with Crippen LogP contribution in [-0.2, 0) is 9.09 Å². The molecule has 0 rings (SSSR count). The third kappa shape index (κ3) is 5.86. The normalized spacial score (nSPS) is 20.9. The second kappa shape index (κ2) is 3.57. The van der Waals surface area contributed by atoms with Crippen LogP contribution in [0.2, 0.25) is 0 Å². The Bertz CT molecular complexity index is 172. The van der Waals surface area contributed by atoms with E-state index in [1.54, 1.807) is 6.92 Å². The van der Waals surface area contributed by atoms with E-state index in [9.17, 15) is 8.76 Å². The van der Waals surface area contributed by atoms with Gasteiger partial charge in [-0.25, -0.2) is 0 Å². The quantitative estimate of drug-likeness (QED) is 0.553. The molecule has 0 saturated carbocycles. The van der Waals surface area contributed by atoms with Gasteiger partial charge < -0.3 is 0 Å². The van der Waals surface area contributed by atoms with E-state index in [0.29, 0.717) is 0 Å². The van der Waals surface area contributed by atoms with Gasteiger partial charge >= 0.3 is 74.4 Å². The van der Waals surface area contributed by atoms with Gasteiger partial charge in [0.2, 0.25) is 0 Å². The summed E-state index contributed by atoms with van der Waals surface area (Å²) in [4.78, 5) is 0. The van der Waals surface area contributed by atoms with Crippen molar-refractivity contribution in [1.82, 2.24) is 0 Å². The van der Waals surface area contributed by atoms with Crippen LogP contribution in [0.1, 0.15) is 27.7 Å². The van der Waals surface area contributed by atoms with Crippen LogP contribution in [0.15, 0.2) is 0 Å². The summed E-state index contributed by atoms with van der Waals surface area (Å²) < 4.78 is 27.6. The van der Waals surface area contributed by atoms with Gasteiger partial charge in [-0.15, -0.1) is 0 Å². The molecule has 11 heavy (non-hydrogen) atoms. The minimum absolute atomic E-state index is 0.189. The summed E-state index contributed by atoms with van der Waals surface area (Å²) in [5, 5.41) is 0. The second-order valence-electron chi connectivity index (χ2n) is 3.54. The Labute approximate surface area is 74.9 Å². The summed E-state index contributed by atoms with van der Waals surface area (Å²) >= 11 is 1.89. The fourth-order valence-corrected chi connectivity index (χ4v) is 1.85. The summed E-state index contributed by atoms with van der Waals surface area (Å²) in [6.45, 7) is 7.39. The van der Waals surface area contributed by atoms with Crippen LogP contribution in [0.3, 0.4) is 0 Å². The first kappa shape index (κ1) is 11.6. The molecule has 0 bridgehead atoms. The van der Waals surface area contributed by atoms with Crippen LogP contribution in [0.25, 0.3) is 0 Å². The van der Waals surface area contributed by atoms with Crippen molar-refractivity contribution in [1.29, 1.82) is 0 Å². The summed E-state index contributed by atoms with van der Waals surface area (Å²) in [6, 6.07) is 0. The number of halogens is 1. The maximum atomic E-state index is 12.4. The molecule has 2 atom stereocenters. The third-order valence-corrected chi connectivity index (χ3v) is 2.61. The fraction of sp³-hybridized carbons (Fsp3) is 1.00. The topological polar surface area (TPSA) is 26.3 Å². The Morgan fingerprint density at radius 3 is 2.00 bits per heavy atom. The molecular formula is C6H13FO2PSe. The molecule has 0 saturated heterocycles. The van der Waals surface area contributed by atoms with Gasteiger partial charge in [0.15, 0.2) is 0 Å². The van der Waals surface area contributed by atoms with Gasteiger partial charge in [0, 0.05) is 0 Å². The van der Waals surface area contributed by atoms with E-state index in [0.717, 1.165) is 0 Å². The molecule has 0 aromatic carbocycles. The van der Waals surface area contributed by atoms with Crippen molar-refractivity contribution < 1.29 is 13.3 Å². The van der Waals surface area contributed by atoms with E-state index < -0.39 is 6.37 Å². The van der Waals surface area contributed by atoms with Crippen molar-refractivity contribution in [2.45, 2.75) is 33.8 Å². The molecule has 2 nitrogen and oxygen atoms in total. The molecule has 0 spiro atoms. The van der Waals surface area contributed by atoms with Gasteiger partial charge in [0.25, 0.3) is 0 Å². The van der Waals surface area contributed by atoms with Gasteiger partial charge in [-0.3, -0.25) is 0 Å². The van der Waals surface area contributed by atoms with Gasteiger partial charge in [-0.05, 0) is 0 Å². The molecule has 0 amide bonds. The van der Waals surface area contributed by atoms with Crippen molar-refractivity contribution >= 4 is 21.9 Å².